The lowest BCUT2D eigenvalue weighted by molar-refractivity contribution is -0.0272. The standard InChI is InChI=1S/C15H16F2N4O2/c16-11-4-12(17)13(18-8-11)15(22)19-5-9-2-1-3-23-14(9)10-6-20-21-7-10/h4,6-9,14H,1-3,5H2,(H,19,22)(H,20,21)/t9-,14+/m0/s1. The smallest absolute Gasteiger partial charge is 0.272 e. The van der Waals surface area contributed by atoms with Gasteiger partial charge in [0.15, 0.2) is 11.5 Å². The maximum absolute atomic E-state index is 13.6. The molecule has 1 saturated heterocycles. The third-order valence-corrected chi connectivity index (χ3v) is 3.84. The number of pyridine rings is 1. The van der Waals surface area contributed by atoms with Crippen molar-refractivity contribution in [1.29, 1.82) is 0 Å². The van der Waals surface area contributed by atoms with E-state index in [9.17, 15) is 13.6 Å². The van der Waals surface area contributed by atoms with Gasteiger partial charge >= 0.3 is 0 Å². The molecule has 2 aromatic heterocycles. The number of aromatic amines is 1. The van der Waals surface area contributed by atoms with Crippen molar-refractivity contribution in [1.82, 2.24) is 20.5 Å². The molecule has 3 heterocycles. The predicted molar refractivity (Wildman–Crippen MR) is 76.5 cm³/mol. The van der Waals surface area contributed by atoms with Crippen LogP contribution in [0.15, 0.2) is 24.7 Å². The van der Waals surface area contributed by atoms with Gasteiger partial charge in [-0.25, -0.2) is 13.8 Å². The van der Waals surface area contributed by atoms with Crippen LogP contribution in [-0.4, -0.2) is 34.2 Å². The van der Waals surface area contributed by atoms with E-state index in [0.717, 1.165) is 24.6 Å². The number of rotatable bonds is 4. The van der Waals surface area contributed by atoms with E-state index in [-0.39, 0.29) is 12.0 Å². The number of H-pyrrole nitrogens is 1. The van der Waals surface area contributed by atoms with Gasteiger partial charge in [-0.1, -0.05) is 0 Å². The minimum atomic E-state index is -0.978. The van der Waals surface area contributed by atoms with Gasteiger partial charge in [-0.05, 0) is 12.8 Å². The largest absolute Gasteiger partial charge is 0.373 e. The van der Waals surface area contributed by atoms with Gasteiger partial charge in [-0.15, -0.1) is 0 Å². The molecule has 3 rings (SSSR count). The first-order valence-electron chi connectivity index (χ1n) is 7.34. The first-order valence-corrected chi connectivity index (χ1v) is 7.34. The zero-order valence-corrected chi connectivity index (χ0v) is 12.3. The molecule has 0 aliphatic carbocycles. The molecule has 1 amide bonds. The number of halogens is 2. The van der Waals surface area contributed by atoms with E-state index in [2.05, 4.69) is 20.5 Å². The molecule has 0 aromatic carbocycles. The normalized spacial score (nSPS) is 21.1. The van der Waals surface area contributed by atoms with Crippen molar-refractivity contribution in [2.24, 2.45) is 5.92 Å². The molecule has 0 bridgehead atoms. The lowest BCUT2D eigenvalue weighted by Gasteiger charge is -2.31. The molecule has 2 atom stereocenters. The fraction of sp³-hybridized carbons (Fsp3) is 0.400. The summed E-state index contributed by atoms with van der Waals surface area (Å²) in [5.74, 6) is -2.42. The van der Waals surface area contributed by atoms with Crippen molar-refractivity contribution in [3.8, 4) is 0 Å². The SMILES string of the molecule is O=C(NC[C@@H]1CCCO[C@H]1c1cn[nH]c1)c1ncc(F)cc1F. The highest BCUT2D eigenvalue weighted by Gasteiger charge is 2.29. The van der Waals surface area contributed by atoms with E-state index in [4.69, 9.17) is 4.74 Å². The maximum Gasteiger partial charge on any atom is 0.272 e. The summed E-state index contributed by atoms with van der Waals surface area (Å²) in [6, 6.07) is 0.639. The van der Waals surface area contributed by atoms with Gasteiger partial charge in [-0.3, -0.25) is 9.89 Å². The van der Waals surface area contributed by atoms with E-state index in [1.807, 2.05) is 0 Å². The van der Waals surface area contributed by atoms with Crippen molar-refractivity contribution in [2.75, 3.05) is 13.2 Å². The number of carbonyl (C=O) groups is 1. The lowest BCUT2D eigenvalue weighted by Crippen LogP contribution is -2.35. The molecule has 1 aliphatic heterocycles. The van der Waals surface area contributed by atoms with Crippen molar-refractivity contribution >= 4 is 5.91 Å². The minimum Gasteiger partial charge on any atom is -0.373 e. The molecule has 6 nitrogen and oxygen atoms in total. The number of amides is 1. The number of nitrogens with zero attached hydrogens (tertiary/aromatic N) is 2. The van der Waals surface area contributed by atoms with Gasteiger partial charge in [0.05, 0.1) is 18.5 Å². The van der Waals surface area contributed by atoms with Gasteiger partial charge in [0.1, 0.15) is 5.82 Å². The number of carbonyl (C=O) groups excluding carboxylic acids is 1. The Bertz CT molecular complexity index is 678. The Labute approximate surface area is 131 Å². The van der Waals surface area contributed by atoms with Crippen molar-refractivity contribution < 1.29 is 18.3 Å². The Kier molecular flexibility index (Phi) is 4.61. The van der Waals surface area contributed by atoms with Crippen LogP contribution in [0.5, 0.6) is 0 Å². The highest BCUT2D eigenvalue weighted by molar-refractivity contribution is 5.92. The molecule has 23 heavy (non-hydrogen) atoms. The summed E-state index contributed by atoms with van der Waals surface area (Å²) in [5.41, 5.74) is 0.498. The molecule has 1 aliphatic rings. The van der Waals surface area contributed by atoms with Crippen LogP contribution < -0.4 is 5.32 Å². The topological polar surface area (TPSA) is 79.9 Å². The van der Waals surface area contributed by atoms with Crippen LogP contribution in [0.1, 0.15) is 35.0 Å². The monoisotopic (exact) mass is 322 g/mol. The van der Waals surface area contributed by atoms with E-state index in [0.29, 0.717) is 19.2 Å². The number of hydrogen-bond acceptors (Lipinski definition) is 4. The Morgan fingerprint density at radius 2 is 2.30 bits per heavy atom. The van der Waals surface area contributed by atoms with Crippen LogP contribution in [-0.2, 0) is 4.74 Å². The number of aromatic nitrogens is 3. The second kappa shape index (κ2) is 6.82. The quantitative estimate of drug-likeness (QED) is 0.902. The van der Waals surface area contributed by atoms with E-state index in [1.54, 1.807) is 12.4 Å². The summed E-state index contributed by atoms with van der Waals surface area (Å²) in [5, 5.41) is 9.29. The van der Waals surface area contributed by atoms with Gasteiger partial charge in [-0.2, -0.15) is 5.10 Å². The molecule has 0 radical (unpaired) electrons. The van der Waals surface area contributed by atoms with E-state index in [1.165, 1.54) is 0 Å². The molecule has 122 valence electrons. The summed E-state index contributed by atoms with van der Waals surface area (Å²) in [7, 11) is 0. The minimum absolute atomic E-state index is 0.0498. The molecule has 2 N–H and O–H groups in total. The third-order valence-electron chi connectivity index (χ3n) is 3.84. The highest BCUT2D eigenvalue weighted by atomic mass is 19.1. The molecule has 1 fully saturated rings. The predicted octanol–water partition coefficient (Wildman–Crippen LogP) is 1.98. The summed E-state index contributed by atoms with van der Waals surface area (Å²) < 4.78 is 32.2. The molecule has 0 unspecified atom stereocenters. The fourth-order valence-corrected chi connectivity index (χ4v) is 2.73. The zero-order chi connectivity index (χ0) is 16.2. The third kappa shape index (κ3) is 3.53. The van der Waals surface area contributed by atoms with Crippen LogP contribution in [0.2, 0.25) is 0 Å². The van der Waals surface area contributed by atoms with Crippen LogP contribution in [0.25, 0.3) is 0 Å². The van der Waals surface area contributed by atoms with Crippen LogP contribution in [0.4, 0.5) is 8.78 Å². The average Bonchev–Trinajstić information content (AvgIpc) is 3.07. The van der Waals surface area contributed by atoms with Gasteiger partial charge in [0.25, 0.3) is 5.91 Å². The number of nitrogens with one attached hydrogen (secondary N) is 2. The molecule has 0 saturated carbocycles. The fourth-order valence-electron chi connectivity index (χ4n) is 2.73. The van der Waals surface area contributed by atoms with Gasteiger partial charge in [0.2, 0.25) is 0 Å². The number of hydrogen-bond donors (Lipinski definition) is 2. The Morgan fingerprint density at radius 1 is 1.43 bits per heavy atom. The summed E-state index contributed by atoms with van der Waals surface area (Å²) in [4.78, 5) is 15.5. The van der Waals surface area contributed by atoms with E-state index >= 15 is 0 Å². The number of ether oxygens (including phenoxy) is 1. The Balaban J connectivity index is 1.65. The second-order valence-corrected chi connectivity index (χ2v) is 5.42. The molecule has 8 heteroatoms. The van der Waals surface area contributed by atoms with Gasteiger partial charge < -0.3 is 10.1 Å². The lowest BCUT2D eigenvalue weighted by atomic mass is 9.91. The van der Waals surface area contributed by atoms with Crippen molar-refractivity contribution in [3.63, 3.8) is 0 Å². The molecular weight excluding hydrogens is 306 g/mol. The molecule has 2 aromatic rings. The highest BCUT2D eigenvalue weighted by Crippen LogP contribution is 2.32. The van der Waals surface area contributed by atoms with Crippen molar-refractivity contribution in [3.05, 3.63) is 47.5 Å². The second-order valence-electron chi connectivity index (χ2n) is 5.42. The molecular formula is C15H16F2N4O2. The van der Waals surface area contributed by atoms with E-state index < -0.39 is 23.2 Å². The van der Waals surface area contributed by atoms with Crippen molar-refractivity contribution in [2.45, 2.75) is 18.9 Å². The average molecular weight is 322 g/mol. The zero-order valence-electron chi connectivity index (χ0n) is 12.3. The first kappa shape index (κ1) is 15.5. The Morgan fingerprint density at radius 3 is 3.04 bits per heavy atom. The van der Waals surface area contributed by atoms with Crippen LogP contribution in [0, 0.1) is 17.6 Å². The maximum atomic E-state index is 13.6. The molecule has 0 spiro atoms. The Hall–Kier alpha value is -2.35. The van der Waals surface area contributed by atoms with Crippen LogP contribution >= 0.6 is 0 Å². The van der Waals surface area contributed by atoms with Gasteiger partial charge in [0, 0.05) is 36.9 Å². The summed E-state index contributed by atoms with van der Waals surface area (Å²) in [6.45, 7) is 0.960. The van der Waals surface area contributed by atoms with Crippen LogP contribution in [0.3, 0.4) is 0 Å². The summed E-state index contributed by atoms with van der Waals surface area (Å²) in [6.07, 6.45) is 5.84. The summed E-state index contributed by atoms with van der Waals surface area (Å²) >= 11 is 0. The first-order chi connectivity index (χ1) is 11.1.